The van der Waals surface area contributed by atoms with Crippen LogP contribution in [0.1, 0.15) is 23.3 Å². The van der Waals surface area contributed by atoms with Crippen LogP contribution in [0.4, 0.5) is 11.7 Å². The number of aliphatic hydroxyl groups excluding tert-OH is 1. The van der Waals surface area contributed by atoms with E-state index in [1.165, 1.54) is 6.26 Å². The van der Waals surface area contributed by atoms with Crippen molar-refractivity contribution in [3.63, 3.8) is 0 Å². The topological polar surface area (TPSA) is 126 Å². The van der Waals surface area contributed by atoms with E-state index in [4.69, 9.17) is 21.8 Å². The molecule has 1 amide bonds. The zero-order chi connectivity index (χ0) is 23.5. The van der Waals surface area contributed by atoms with Crippen molar-refractivity contribution in [1.82, 2.24) is 24.6 Å². The average Bonchev–Trinajstić information content (AvgIpc) is 3.44. The quantitative estimate of drug-likeness (QED) is 0.477. The summed E-state index contributed by atoms with van der Waals surface area (Å²) in [5.74, 6) is -0.480. The fraction of sp³-hybridized carbons (Fsp3) is 0.409. The minimum atomic E-state index is -0.601. The van der Waals surface area contributed by atoms with Crippen molar-refractivity contribution in [2.75, 3.05) is 38.2 Å². The number of anilines is 2. The van der Waals surface area contributed by atoms with Gasteiger partial charge in [-0.25, -0.2) is 0 Å². The minimum absolute atomic E-state index is 0.0605. The summed E-state index contributed by atoms with van der Waals surface area (Å²) >= 11 is 6.26. The number of amides is 1. The molecular formula is C22H28ClN7O3. The Morgan fingerprint density at radius 1 is 1.36 bits per heavy atom. The number of hydrogen-bond donors (Lipinski definition) is 3. The molecule has 1 unspecified atom stereocenters. The summed E-state index contributed by atoms with van der Waals surface area (Å²) < 4.78 is 6.60. The van der Waals surface area contributed by atoms with Gasteiger partial charge in [-0.05, 0) is 44.6 Å². The molecule has 10 nitrogen and oxygen atoms in total. The first-order valence-electron chi connectivity index (χ1n) is 10.7. The number of piperidine rings is 1. The lowest BCUT2D eigenvalue weighted by atomic mass is 10.0. The number of hydrogen-bond acceptors (Lipinski definition) is 8. The average molecular weight is 474 g/mol. The first-order valence-corrected chi connectivity index (χ1v) is 11.1. The Balaban J connectivity index is 1.41. The lowest BCUT2D eigenvalue weighted by molar-refractivity contribution is -0.0321. The second-order valence-electron chi connectivity index (χ2n) is 8.38. The highest BCUT2D eigenvalue weighted by atomic mass is 35.5. The summed E-state index contributed by atoms with van der Waals surface area (Å²) in [7, 11) is 4.19. The summed E-state index contributed by atoms with van der Waals surface area (Å²) in [6.45, 7) is 2.09. The number of nitrogen functional groups attached to an aromatic ring is 1. The lowest BCUT2D eigenvalue weighted by Gasteiger charge is -2.37. The van der Waals surface area contributed by atoms with E-state index in [-0.39, 0.29) is 11.7 Å². The number of nitrogens with one attached hydrogen (secondary N) is 1. The molecule has 1 aliphatic heterocycles. The number of carbonyl (C=O) groups is 1. The van der Waals surface area contributed by atoms with Gasteiger partial charge in [0.2, 0.25) is 0 Å². The molecule has 176 valence electrons. The van der Waals surface area contributed by atoms with Crippen LogP contribution >= 0.6 is 11.6 Å². The molecule has 4 N–H and O–H groups in total. The third-order valence-corrected chi connectivity index (χ3v) is 6.27. The van der Waals surface area contributed by atoms with E-state index in [1.54, 1.807) is 23.0 Å². The van der Waals surface area contributed by atoms with Gasteiger partial charge in [0.05, 0.1) is 23.5 Å². The van der Waals surface area contributed by atoms with Crippen LogP contribution in [-0.2, 0) is 6.54 Å². The SMILES string of the molecule is CN(C)C1CCN(C(O)Cn2cc(-c3ccc(Cl)c(NC(=O)c4coc(N)n4)c3)cn2)CC1. The highest BCUT2D eigenvalue weighted by Gasteiger charge is 2.25. The third-order valence-electron chi connectivity index (χ3n) is 5.94. The minimum Gasteiger partial charge on any atom is -0.431 e. The van der Waals surface area contributed by atoms with Crippen molar-refractivity contribution >= 4 is 29.2 Å². The second kappa shape index (κ2) is 9.92. The highest BCUT2D eigenvalue weighted by molar-refractivity contribution is 6.34. The van der Waals surface area contributed by atoms with Gasteiger partial charge in [0.1, 0.15) is 12.5 Å². The first kappa shape index (κ1) is 23.2. The van der Waals surface area contributed by atoms with Crippen molar-refractivity contribution < 1.29 is 14.3 Å². The molecule has 0 spiro atoms. The molecule has 0 saturated carbocycles. The molecular weight excluding hydrogens is 446 g/mol. The highest BCUT2D eigenvalue weighted by Crippen LogP contribution is 2.29. The first-order chi connectivity index (χ1) is 15.8. The molecule has 0 radical (unpaired) electrons. The van der Waals surface area contributed by atoms with E-state index in [9.17, 15) is 9.90 Å². The van der Waals surface area contributed by atoms with Crippen LogP contribution in [0.5, 0.6) is 0 Å². The molecule has 1 atom stereocenters. The second-order valence-corrected chi connectivity index (χ2v) is 8.79. The van der Waals surface area contributed by atoms with Crippen molar-refractivity contribution in [1.29, 1.82) is 0 Å². The largest absolute Gasteiger partial charge is 0.431 e. The molecule has 2 aromatic heterocycles. The van der Waals surface area contributed by atoms with Gasteiger partial charge in [-0.1, -0.05) is 17.7 Å². The summed E-state index contributed by atoms with van der Waals surface area (Å²) in [6.07, 6.45) is 6.24. The number of aliphatic hydroxyl groups is 1. The van der Waals surface area contributed by atoms with Crippen molar-refractivity contribution in [3.8, 4) is 11.1 Å². The van der Waals surface area contributed by atoms with Gasteiger partial charge in [0.25, 0.3) is 11.9 Å². The Labute approximate surface area is 196 Å². The number of halogens is 1. The van der Waals surface area contributed by atoms with Crippen molar-refractivity contribution in [2.24, 2.45) is 0 Å². The lowest BCUT2D eigenvalue weighted by Crippen LogP contribution is -2.47. The normalized spacial score (nSPS) is 16.3. The van der Waals surface area contributed by atoms with Crippen molar-refractivity contribution in [2.45, 2.75) is 31.7 Å². The molecule has 3 aromatic rings. The van der Waals surface area contributed by atoms with Crippen LogP contribution in [0.25, 0.3) is 11.1 Å². The summed E-state index contributed by atoms with van der Waals surface area (Å²) in [6, 6.07) is 5.77. The Morgan fingerprint density at radius 2 is 2.12 bits per heavy atom. The summed E-state index contributed by atoms with van der Waals surface area (Å²) in [5, 5.41) is 18.2. The maximum absolute atomic E-state index is 12.4. The van der Waals surface area contributed by atoms with Crippen LogP contribution in [0.15, 0.2) is 41.3 Å². The zero-order valence-corrected chi connectivity index (χ0v) is 19.4. The number of aromatic nitrogens is 3. The van der Waals surface area contributed by atoms with Crippen molar-refractivity contribution in [3.05, 3.63) is 47.6 Å². The van der Waals surface area contributed by atoms with E-state index in [1.807, 2.05) is 12.3 Å². The monoisotopic (exact) mass is 473 g/mol. The Kier molecular flexibility index (Phi) is 6.99. The maximum atomic E-state index is 12.4. The number of nitrogens with zero attached hydrogens (tertiary/aromatic N) is 5. The van der Waals surface area contributed by atoms with Crippen LogP contribution in [-0.4, -0.2) is 75.0 Å². The number of nitrogens with two attached hydrogens (primary N) is 1. The molecule has 4 rings (SSSR count). The number of likely N-dealkylation sites (tertiary alicyclic amines) is 1. The van der Waals surface area contributed by atoms with Crippen LogP contribution in [0, 0.1) is 0 Å². The Morgan fingerprint density at radius 3 is 2.79 bits per heavy atom. The molecule has 1 fully saturated rings. The number of rotatable bonds is 7. The molecule has 3 heterocycles. The van der Waals surface area contributed by atoms with Gasteiger partial charge in [0, 0.05) is 30.9 Å². The summed E-state index contributed by atoms with van der Waals surface area (Å²) in [5.41, 5.74) is 7.58. The number of benzene rings is 1. The molecule has 0 bridgehead atoms. The molecule has 0 aliphatic carbocycles. The van der Waals surface area contributed by atoms with E-state index < -0.39 is 12.1 Å². The van der Waals surface area contributed by atoms with Gasteiger partial charge in [-0.2, -0.15) is 10.1 Å². The van der Waals surface area contributed by atoms with Gasteiger partial charge in [0.15, 0.2) is 5.69 Å². The van der Waals surface area contributed by atoms with Crippen LogP contribution in [0.2, 0.25) is 5.02 Å². The molecule has 1 aliphatic rings. The van der Waals surface area contributed by atoms with E-state index in [0.717, 1.165) is 37.1 Å². The van der Waals surface area contributed by atoms with Crippen LogP contribution in [0.3, 0.4) is 0 Å². The van der Waals surface area contributed by atoms with E-state index >= 15 is 0 Å². The fourth-order valence-electron chi connectivity index (χ4n) is 3.97. The van der Waals surface area contributed by atoms with Gasteiger partial charge in [-0.3, -0.25) is 14.4 Å². The molecule has 1 saturated heterocycles. The van der Waals surface area contributed by atoms with Gasteiger partial charge >= 0.3 is 0 Å². The maximum Gasteiger partial charge on any atom is 0.292 e. The predicted octanol–water partition coefficient (Wildman–Crippen LogP) is 2.37. The van der Waals surface area contributed by atoms with Crippen LogP contribution < -0.4 is 11.1 Å². The number of oxazole rings is 1. The molecule has 1 aromatic carbocycles. The van der Waals surface area contributed by atoms with E-state index in [0.29, 0.717) is 23.3 Å². The standard InChI is InChI=1S/C22H28ClN7O3/c1-28(2)16-5-7-29(8-6-16)20(31)12-30-11-15(10-25-30)14-3-4-17(23)18(9-14)26-21(32)19-13-33-22(24)27-19/h3-4,9-11,13,16,20,31H,5-8,12H2,1-2H3,(H2,24,27)(H,26,32). The predicted molar refractivity (Wildman–Crippen MR) is 126 cm³/mol. The molecule has 33 heavy (non-hydrogen) atoms. The third kappa shape index (κ3) is 5.53. The Bertz CT molecular complexity index is 1110. The fourth-order valence-corrected chi connectivity index (χ4v) is 4.14. The van der Waals surface area contributed by atoms with E-state index in [2.05, 4.69) is 39.3 Å². The number of carbonyl (C=O) groups excluding carboxylic acids is 1. The summed E-state index contributed by atoms with van der Waals surface area (Å²) in [4.78, 5) is 20.5. The Hall–Kier alpha value is -2.92. The van der Waals surface area contributed by atoms with Gasteiger partial charge in [-0.15, -0.1) is 0 Å². The zero-order valence-electron chi connectivity index (χ0n) is 18.6. The smallest absolute Gasteiger partial charge is 0.292 e. The molecule has 11 heteroatoms. The van der Waals surface area contributed by atoms with Gasteiger partial charge < -0.3 is 25.5 Å².